The Morgan fingerprint density at radius 3 is 2.95 bits per heavy atom. The number of nitrogen functional groups attached to an aromatic ring is 1. The Balaban J connectivity index is 1.80. The molecule has 0 atom stereocenters. The highest BCUT2D eigenvalue weighted by molar-refractivity contribution is 7.99. The molecule has 3 N–H and O–H groups in total. The minimum Gasteiger partial charge on any atom is -0.368 e. The third-order valence-electron chi connectivity index (χ3n) is 2.23. The number of nitrogens with two attached hydrogens (primary N) is 1. The smallest absolute Gasteiger partial charge is 0.342 e. The summed E-state index contributed by atoms with van der Waals surface area (Å²) in [6.07, 6.45) is 0.259. The lowest BCUT2D eigenvalue weighted by Crippen LogP contribution is -2.41. The molecular formula is C9H11N5O4S. The summed E-state index contributed by atoms with van der Waals surface area (Å²) < 4.78 is 0. The van der Waals surface area contributed by atoms with Crippen molar-refractivity contribution in [1.29, 1.82) is 0 Å². The van der Waals surface area contributed by atoms with Crippen LogP contribution in [0.15, 0.2) is 5.16 Å². The van der Waals surface area contributed by atoms with Gasteiger partial charge in [-0.25, -0.2) is 9.89 Å². The standard InChI is InChI=1S/C9H11N5O4S/c10-8-11-9(13-12-8)19-4-7(17)18-14-3-5(15)1-2-6(14)16/h1-4H2,(H3,10,11,12,13). The van der Waals surface area contributed by atoms with E-state index in [0.29, 0.717) is 5.16 Å². The highest BCUT2D eigenvalue weighted by Gasteiger charge is 2.27. The number of amides is 1. The Bertz CT molecular complexity index is 516. The molecule has 1 aromatic heterocycles. The van der Waals surface area contributed by atoms with E-state index in [1.807, 2.05) is 0 Å². The molecule has 1 amide bonds. The number of carbonyl (C=O) groups excluding carboxylic acids is 3. The number of nitrogens with zero attached hydrogens (tertiary/aromatic N) is 3. The van der Waals surface area contributed by atoms with Crippen molar-refractivity contribution in [2.75, 3.05) is 18.0 Å². The number of hydroxylamine groups is 2. The third-order valence-corrected chi connectivity index (χ3v) is 3.05. The number of ketones is 1. The zero-order valence-electron chi connectivity index (χ0n) is 9.79. The molecule has 10 heteroatoms. The van der Waals surface area contributed by atoms with Crippen molar-refractivity contribution in [3.63, 3.8) is 0 Å². The largest absolute Gasteiger partial charge is 0.368 e. The van der Waals surface area contributed by atoms with Crippen LogP contribution >= 0.6 is 11.8 Å². The molecule has 2 heterocycles. The van der Waals surface area contributed by atoms with Gasteiger partial charge in [0, 0.05) is 12.8 Å². The molecule has 1 aromatic rings. The molecule has 1 saturated heterocycles. The summed E-state index contributed by atoms with van der Waals surface area (Å²) >= 11 is 1.01. The topological polar surface area (TPSA) is 131 Å². The van der Waals surface area contributed by atoms with E-state index in [9.17, 15) is 14.4 Å². The van der Waals surface area contributed by atoms with Gasteiger partial charge in [0.05, 0.1) is 0 Å². The van der Waals surface area contributed by atoms with Gasteiger partial charge in [-0.3, -0.25) is 9.59 Å². The number of hydrogen-bond donors (Lipinski definition) is 2. The first-order valence-electron chi connectivity index (χ1n) is 5.38. The number of H-pyrrole nitrogens is 1. The maximum absolute atomic E-state index is 11.5. The number of aromatic nitrogens is 3. The lowest BCUT2D eigenvalue weighted by Gasteiger charge is -2.23. The molecule has 2 rings (SSSR count). The molecule has 1 aliphatic rings. The van der Waals surface area contributed by atoms with Crippen molar-refractivity contribution in [1.82, 2.24) is 20.2 Å². The predicted octanol–water partition coefficient (Wildman–Crippen LogP) is -0.871. The fraction of sp³-hybridized carbons (Fsp3) is 0.444. The first-order chi connectivity index (χ1) is 9.04. The SMILES string of the molecule is Nc1nc(SCC(=O)ON2CC(=O)CCC2=O)n[nH]1. The molecule has 0 aromatic carbocycles. The van der Waals surface area contributed by atoms with Crippen molar-refractivity contribution in [2.45, 2.75) is 18.0 Å². The summed E-state index contributed by atoms with van der Waals surface area (Å²) in [5.74, 6) is -1.11. The van der Waals surface area contributed by atoms with Crippen molar-refractivity contribution >= 4 is 35.4 Å². The maximum atomic E-state index is 11.5. The maximum Gasteiger partial charge on any atom is 0.342 e. The fourth-order valence-electron chi connectivity index (χ4n) is 1.38. The third kappa shape index (κ3) is 3.68. The molecule has 0 spiro atoms. The first kappa shape index (κ1) is 13.3. The second-order valence-corrected chi connectivity index (χ2v) is 4.67. The Labute approximate surface area is 111 Å². The van der Waals surface area contributed by atoms with Gasteiger partial charge in [-0.2, -0.15) is 10.0 Å². The van der Waals surface area contributed by atoms with Crippen LogP contribution in [0.25, 0.3) is 0 Å². The number of hydrogen-bond acceptors (Lipinski definition) is 8. The van der Waals surface area contributed by atoms with Crippen molar-refractivity contribution in [3.05, 3.63) is 0 Å². The van der Waals surface area contributed by atoms with Gasteiger partial charge >= 0.3 is 5.97 Å². The van der Waals surface area contributed by atoms with Gasteiger partial charge in [-0.05, 0) is 0 Å². The fourth-order valence-corrected chi connectivity index (χ4v) is 1.95. The molecule has 1 aliphatic heterocycles. The van der Waals surface area contributed by atoms with E-state index in [2.05, 4.69) is 15.2 Å². The summed E-state index contributed by atoms with van der Waals surface area (Å²) in [6.45, 7) is -0.192. The van der Waals surface area contributed by atoms with Crippen LogP contribution < -0.4 is 5.73 Å². The van der Waals surface area contributed by atoms with Crippen molar-refractivity contribution in [2.24, 2.45) is 0 Å². The molecule has 0 bridgehead atoms. The van der Waals surface area contributed by atoms with E-state index >= 15 is 0 Å². The lowest BCUT2D eigenvalue weighted by atomic mass is 10.1. The number of piperidine rings is 1. The second kappa shape index (κ2) is 5.69. The number of thioether (sulfide) groups is 1. The van der Waals surface area contributed by atoms with E-state index in [0.717, 1.165) is 16.8 Å². The van der Waals surface area contributed by atoms with E-state index in [1.165, 1.54) is 0 Å². The van der Waals surface area contributed by atoms with Crippen LogP contribution in [0.5, 0.6) is 0 Å². The van der Waals surface area contributed by atoms with E-state index < -0.39 is 5.97 Å². The molecule has 19 heavy (non-hydrogen) atoms. The molecule has 0 unspecified atom stereocenters. The van der Waals surface area contributed by atoms with E-state index in [1.54, 1.807) is 0 Å². The monoisotopic (exact) mass is 285 g/mol. The average molecular weight is 285 g/mol. The number of aromatic amines is 1. The molecule has 9 nitrogen and oxygen atoms in total. The Morgan fingerprint density at radius 2 is 2.26 bits per heavy atom. The van der Waals surface area contributed by atoms with Gasteiger partial charge in [0.1, 0.15) is 12.3 Å². The van der Waals surface area contributed by atoms with Gasteiger partial charge in [0.15, 0.2) is 5.78 Å². The summed E-state index contributed by atoms with van der Waals surface area (Å²) in [6, 6.07) is 0. The highest BCUT2D eigenvalue weighted by atomic mass is 32.2. The van der Waals surface area contributed by atoms with Crippen LogP contribution in [0.3, 0.4) is 0 Å². The minimum atomic E-state index is -0.656. The van der Waals surface area contributed by atoms with Gasteiger partial charge < -0.3 is 10.6 Å². The summed E-state index contributed by atoms with van der Waals surface area (Å²) in [7, 11) is 0. The van der Waals surface area contributed by atoms with Crippen molar-refractivity contribution < 1.29 is 19.2 Å². The number of carbonyl (C=O) groups is 3. The summed E-state index contributed by atoms with van der Waals surface area (Å²) in [4.78, 5) is 42.6. The van der Waals surface area contributed by atoms with Crippen LogP contribution in [0.2, 0.25) is 0 Å². The van der Waals surface area contributed by atoms with Crippen molar-refractivity contribution in [3.8, 4) is 0 Å². The minimum absolute atomic E-state index is 0.0662. The van der Waals surface area contributed by atoms with E-state index in [-0.39, 0.29) is 42.8 Å². The van der Waals surface area contributed by atoms with Gasteiger partial charge in [0.2, 0.25) is 11.1 Å². The first-order valence-corrected chi connectivity index (χ1v) is 6.36. The number of anilines is 1. The van der Waals surface area contributed by atoms with Gasteiger partial charge in [-0.15, -0.1) is 5.10 Å². The van der Waals surface area contributed by atoms with Crippen LogP contribution in [-0.2, 0) is 19.2 Å². The highest BCUT2D eigenvalue weighted by Crippen LogP contribution is 2.14. The molecule has 0 saturated carbocycles. The average Bonchev–Trinajstić information content (AvgIpc) is 2.77. The molecular weight excluding hydrogens is 274 g/mol. The van der Waals surface area contributed by atoms with Crippen LogP contribution in [-0.4, -0.2) is 50.2 Å². The lowest BCUT2D eigenvalue weighted by molar-refractivity contribution is -0.199. The Hall–Kier alpha value is -2.10. The number of nitrogens with one attached hydrogen (secondary N) is 1. The van der Waals surface area contributed by atoms with Crippen LogP contribution in [0, 0.1) is 0 Å². The zero-order valence-corrected chi connectivity index (χ0v) is 10.6. The molecule has 102 valence electrons. The number of rotatable bonds is 4. The molecule has 1 fully saturated rings. The van der Waals surface area contributed by atoms with Gasteiger partial charge in [0.25, 0.3) is 5.91 Å². The normalized spacial score (nSPS) is 15.7. The van der Waals surface area contributed by atoms with Crippen LogP contribution in [0.4, 0.5) is 5.95 Å². The quantitative estimate of drug-likeness (QED) is 0.682. The van der Waals surface area contributed by atoms with E-state index in [4.69, 9.17) is 10.6 Å². The Kier molecular flexibility index (Phi) is 4.00. The molecule has 0 aliphatic carbocycles. The van der Waals surface area contributed by atoms with Gasteiger partial charge in [-0.1, -0.05) is 11.8 Å². The molecule has 0 radical (unpaired) electrons. The predicted molar refractivity (Wildman–Crippen MR) is 63.6 cm³/mol. The second-order valence-electron chi connectivity index (χ2n) is 3.72. The number of Topliss-reactive ketones (excluding diaryl/α,β-unsaturated/α-hetero) is 1. The van der Waals surface area contributed by atoms with Crippen LogP contribution in [0.1, 0.15) is 12.8 Å². The Morgan fingerprint density at radius 1 is 1.47 bits per heavy atom. The zero-order chi connectivity index (χ0) is 13.8. The summed E-state index contributed by atoms with van der Waals surface area (Å²) in [5.41, 5.74) is 5.32. The summed E-state index contributed by atoms with van der Waals surface area (Å²) in [5, 5.41) is 7.24.